The van der Waals surface area contributed by atoms with E-state index < -0.39 is 0 Å². The molecule has 0 fully saturated rings. The van der Waals surface area contributed by atoms with E-state index in [0.717, 1.165) is 5.56 Å². The average molecular weight is 262 g/mol. The number of carbonyl (C=O) groups is 1. The summed E-state index contributed by atoms with van der Waals surface area (Å²) in [6, 6.07) is 4.88. The number of aromatic nitrogens is 2. The Balaban J connectivity index is 2.05. The second-order valence-corrected chi connectivity index (χ2v) is 4.43. The number of rotatable bonds is 3. The molecule has 1 aromatic carbocycles. The SMILES string of the molecule is Cc1cc(CNC(=O)c2cc(N)n[nH]2)cc(C)c1F. The van der Waals surface area contributed by atoms with E-state index in [1.807, 2.05) is 0 Å². The van der Waals surface area contributed by atoms with Gasteiger partial charge in [0.05, 0.1) is 0 Å². The highest BCUT2D eigenvalue weighted by Gasteiger charge is 2.09. The predicted molar refractivity (Wildman–Crippen MR) is 70.0 cm³/mol. The van der Waals surface area contributed by atoms with Crippen LogP contribution in [0.1, 0.15) is 27.2 Å². The van der Waals surface area contributed by atoms with Crippen molar-refractivity contribution < 1.29 is 9.18 Å². The lowest BCUT2D eigenvalue weighted by molar-refractivity contribution is 0.0946. The number of carbonyl (C=O) groups excluding carboxylic acids is 1. The quantitative estimate of drug-likeness (QED) is 0.786. The van der Waals surface area contributed by atoms with Crippen molar-refractivity contribution in [2.75, 3.05) is 5.73 Å². The second-order valence-electron chi connectivity index (χ2n) is 4.43. The Labute approximate surface area is 110 Å². The molecule has 1 heterocycles. The molecule has 5 nitrogen and oxygen atoms in total. The number of H-pyrrole nitrogens is 1. The van der Waals surface area contributed by atoms with Crippen molar-refractivity contribution >= 4 is 11.7 Å². The normalized spacial score (nSPS) is 10.5. The largest absolute Gasteiger partial charge is 0.382 e. The van der Waals surface area contributed by atoms with Gasteiger partial charge in [-0.1, -0.05) is 12.1 Å². The van der Waals surface area contributed by atoms with E-state index in [2.05, 4.69) is 15.5 Å². The molecule has 2 aromatic rings. The van der Waals surface area contributed by atoms with Crippen LogP contribution >= 0.6 is 0 Å². The highest BCUT2D eigenvalue weighted by molar-refractivity contribution is 5.92. The molecular formula is C13H15FN4O. The Morgan fingerprint density at radius 1 is 1.37 bits per heavy atom. The number of nitrogens with zero attached hydrogens (tertiary/aromatic N) is 1. The van der Waals surface area contributed by atoms with Crippen LogP contribution in [0.3, 0.4) is 0 Å². The summed E-state index contributed by atoms with van der Waals surface area (Å²) >= 11 is 0. The van der Waals surface area contributed by atoms with Crippen LogP contribution in [0.15, 0.2) is 18.2 Å². The van der Waals surface area contributed by atoms with E-state index in [-0.39, 0.29) is 17.5 Å². The third-order valence-electron chi connectivity index (χ3n) is 2.79. The van der Waals surface area contributed by atoms with Crippen LogP contribution in [0.25, 0.3) is 0 Å². The summed E-state index contributed by atoms with van der Waals surface area (Å²) in [6.07, 6.45) is 0. The number of anilines is 1. The van der Waals surface area contributed by atoms with Crippen LogP contribution < -0.4 is 11.1 Å². The Morgan fingerprint density at radius 2 is 2.00 bits per heavy atom. The minimum atomic E-state index is -0.302. The first kappa shape index (κ1) is 13.1. The molecule has 2 rings (SSSR count). The Morgan fingerprint density at radius 3 is 2.53 bits per heavy atom. The third-order valence-corrected chi connectivity index (χ3v) is 2.79. The first-order valence-electron chi connectivity index (χ1n) is 5.82. The van der Waals surface area contributed by atoms with Crippen molar-refractivity contribution in [1.82, 2.24) is 15.5 Å². The highest BCUT2D eigenvalue weighted by atomic mass is 19.1. The fourth-order valence-electron chi connectivity index (χ4n) is 1.87. The van der Waals surface area contributed by atoms with Crippen LogP contribution in [0.5, 0.6) is 0 Å². The molecule has 100 valence electrons. The predicted octanol–water partition coefficient (Wildman–Crippen LogP) is 1.68. The fraction of sp³-hybridized carbons (Fsp3) is 0.231. The maximum Gasteiger partial charge on any atom is 0.269 e. The summed E-state index contributed by atoms with van der Waals surface area (Å²) in [6.45, 7) is 3.71. The van der Waals surface area contributed by atoms with Crippen molar-refractivity contribution in [3.8, 4) is 0 Å². The molecule has 0 saturated heterocycles. The first-order valence-corrected chi connectivity index (χ1v) is 5.82. The van der Waals surface area contributed by atoms with E-state index in [4.69, 9.17) is 5.73 Å². The summed E-state index contributed by atoms with van der Waals surface area (Å²) in [7, 11) is 0. The van der Waals surface area contributed by atoms with Gasteiger partial charge in [-0.3, -0.25) is 9.89 Å². The second kappa shape index (κ2) is 5.09. The van der Waals surface area contributed by atoms with E-state index in [9.17, 15) is 9.18 Å². The van der Waals surface area contributed by atoms with Crippen molar-refractivity contribution in [2.45, 2.75) is 20.4 Å². The number of aromatic amines is 1. The Hall–Kier alpha value is -2.37. The van der Waals surface area contributed by atoms with Crippen molar-refractivity contribution in [3.63, 3.8) is 0 Å². The Bertz CT molecular complexity index is 598. The maximum absolute atomic E-state index is 13.5. The molecule has 19 heavy (non-hydrogen) atoms. The highest BCUT2D eigenvalue weighted by Crippen LogP contribution is 2.14. The molecule has 6 heteroatoms. The summed E-state index contributed by atoms with van der Waals surface area (Å²) in [5, 5.41) is 8.92. The lowest BCUT2D eigenvalue weighted by Crippen LogP contribution is -2.23. The van der Waals surface area contributed by atoms with Gasteiger partial charge in [-0.2, -0.15) is 5.10 Å². The van der Waals surface area contributed by atoms with Crippen LogP contribution in [0, 0.1) is 19.7 Å². The maximum atomic E-state index is 13.5. The summed E-state index contributed by atoms with van der Waals surface area (Å²) in [4.78, 5) is 11.8. The average Bonchev–Trinajstić information content (AvgIpc) is 2.79. The molecule has 0 unspecified atom stereocenters. The molecule has 0 saturated carbocycles. The summed E-state index contributed by atoms with van der Waals surface area (Å²) in [5.41, 5.74) is 7.69. The van der Waals surface area contributed by atoms with Crippen molar-refractivity contribution in [3.05, 3.63) is 46.4 Å². The summed E-state index contributed by atoms with van der Waals surface area (Å²) < 4.78 is 13.5. The van der Waals surface area contributed by atoms with Crippen molar-refractivity contribution in [1.29, 1.82) is 0 Å². The number of benzene rings is 1. The number of nitrogen functional groups attached to an aromatic ring is 1. The van der Waals surface area contributed by atoms with E-state index in [1.54, 1.807) is 26.0 Å². The van der Waals surface area contributed by atoms with E-state index in [0.29, 0.717) is 23.4 Å². The fourth-order valence-corrected chi connectivity index (χ4v) is 1.87. The van der Waals surface area contributed by atoms with Gasteiger partial charge < -0.3 is 11.1 Å². The van der Waals surface area contributed by atoms with Crippen LogP contribution in [0.4, 0.5) is 10.2 Å². The molecular weight excluding hydrogens is 247 g/mol. The standard InChI is InChI=1S/C13H15FN4O/c1-7-3-9(4-8(2)12(7)14)6-16-13(19)10-5-11(15)18-17-10/h3-5H,6H2,1-2H3,(H,16,19)(H3,15,17,18). The number of halogens is 1. The number of aryl methyl sites for hydroxylation is 2. The smallest absolute Gasteiger partial charge is 0.269 e. The van der Waals surface area contributed by atoms with Crippen LogP contribution in [-0.2, 0) is 6.54 Å². The number of nitrogens with two attached hydrogens (primary N) is 1. The summed E-state index contributed by atoms with van der Waals surface area (Å²) in [5.74, 6) is -0.251. The molecule has 4 N–H and O–H groups in total. The molecule has 0 aliphatic rings. The topological polar surface area (TPSA) is 83.8 Å². The molecule has 1 aromatic heterocycles. The molecule has 0 aliphatic heterocycles. The minimum absolute atomic E-state index is 0.212. The number of hydrogen-bond acceptors (Lipinski definition) is 3. The van der Waals surface area contributed by atoms with Crippen LogP contribution in [-0.4, -0.2) is 16.1 Å². The molecule has 0 spiro atoms. The zero-order valence-corrected chi connectivity index (χ0v) is 10.7. The van der Waals surface area contributed by atoms with E-state index in [1.165, 1.54) is 6.07 Å². The van der Waals surface area contributed by atoms with Gasteiger partial charge in [0.2, 0.25) is 0 Å². The van der Waals surface area contributed by atoms with Gasteiger partial charge in [0.15, 0.2) is 0 Å². The minimum Gasteiger partial charge on any atom is -0.382 e. The molecule has 0 atom stereocenters. The zero-order chi connectivity index (χ0) is 14.0. The van der Waals surface area contributed by atoms with Gasteiger partial charge in [0, 0.05) is 12.6 Å². The van der Waals surface area contributed by atoms with Gasteiger partial charge in [-0.15, -0.1) is 0 Å². The lowest BCUT2D eigenvalue weighted by atomic mass is 10.1. The van der Waals surface area contributed by atoms with Gasteiger partial charge in [-0.05, 0) is 30.5 Å². The van der Waals surface area contributed by atoms with Gasteiger partial charge >= 0.3 is 0 Å². The van der Waals surface area contributed by atoms with Gasteiger partial charge in [0.25, 0.3) is 5.91 Å². The van der Waals surface area contributed by atoms with Gasteiger partial charge in [0.1, 0.15) is 17.3 Å². The number of hydrogen-bond donors (Lipinski definition) is 3. The van der Waals surface area contributed by atoms with Gasteiger partial charge in [-0.25, -0.2) is 4.39 Å². The van der Waals surface area contributed by atoms with E-state index >= 15 is 0 Å². The number of amides is 1. The van der Waals surface area contributed by atoms with Crippen LogP contribution in [0.2, 0.25) is 0 Å². The number of nitrogens with one attached hydrogen (secondary N) is 2. The third kappa shape index (κ3) is 2.90. The molecule has 0 radical (unpaired) electrons. The Kier molecular flexibility index (Phi) is 3.50. The van der Waals surface area contributed by atoms with Crippen molar-refractivity contribution in [2.24, 2.45) is 0 Å². The zero-order valence-electron chi connectivity index (χ0n) is 10.7. The molecule has 0 bridgehead atoms. The molecule has 1 amide bonds. The molecule has 0 aliphatic carbocycles. The first-order chi connectivity index (χ1) is 8.97. The lowest BCUT2D eigenvalue weighted by Gasteiger charge is -2.07. The monoisotopic (exact) mass is 262 g/mol.